The van der Waals surface area contributed by atoms with Crippen LogP contribution in [0.15, 0.2) is 0 Å². The molecule has 0 aliphatic heterocycles. The van der Waals surface area contributed by atoms with E-state index < -0.39 is 6.10 Å². The Balaban J connectivity index is 3.45. The highest BCUT2D eigenvalue weighted by molar-refractivity contribution is 5.70. The van der Waals surface area contributed by atoms with Gasteiger partial charge in [-0.2, -0.15) is 0 Å². The van der Waals surface area contributed by atoms with Gasteiger partial charge in [0.2, 0.25) is 0 Å². The standard InChI is InChI=1S/C46H90O5/c1-42(2)36-32-28-24-20-16-12-9-7-5-6-8-10-14-18-22-26-30-34-38-45(48)50-41-44(40-47)51-46(49)39-35-31-27-23-19-15-11-13-17-21-25-29-33-37-43(3)4/h42-44,47H,5-41H2,1-4H3/t44-/m0/s1. The molecule has 0 bridgehead atoms. The molecule has 0 unspecified atom stereocenters. The fourth-order valence-corrected chi connectivity index (χ4v) is 7.04. The molecule has 0 aromatic carbocycles. The van der Waals surface area contributed by atoms with E-state index in [1.54, 1.807) is 0 Å². The van der Waals surface area contributed by atoms with Crippen molar-refractivity contribution >= 4 is 11.9 Å². The van der Waals surface area contributed by atoms with Gasteiger partial charge >= 0.3 is 11.9 Å². The van der Waals surface area contributed by atoms with E-state index in [2.05, 4.69) is 27.7 Å². The first-order valence-corrected chi connectivity index (χ1v) is 22.8. The lowest BCUT2D eigenvalue weighted by Gasteiger charge is -2.15. The fraction of sp³-hybridized carbons (Fsp3) is 0.957. The highest BCUT2D eigenvalue weighted by Gasteiger charge is 2.16. The van der Waals surface area contributed by atoms with E-state index in [-0.39, 0.29) is 25.2 Å². The summed E-state index contributed by atoms with van der Waals surface area (Å²) < 4.78 is 10.7. The zero-order chi connectivity index (χ0) is 37.5. The summed E-state index contributed by atoms with van der Waals surface area (Å²) in [6.45, 7) is 8.90. The van der Waals surface area contributed by atoms with Crippen molar-refractivity contribution in [3.05, 3.63) is 0 Å². The Kier molecular flexibility index (Phi) is 39.2. The van der Waals surface area contributed by atoms with Crippen molar-refractivity contribution in [3.63, 3.8) is 0 Å². The van der Waals surface area contributed by atoms with E-state index in [1.807, 2.05) is 0 Å². The second-order valence-electron chi connectivity index (χ2n) is 16.8. The third-order valence-corrected chi connectivity index (χ3v) is 10.5. The molecule has 5 heteroatoms. The molecule has 0 rings (SSSR count). The number of aliphatic hydroxyl groups is 1. The lowest BCUT2D eigenvalue weighted by atomic mass is 10.0. The first kappa shape index (κ1) is 49.9. The van der Waals surface area contributed by atoms with Crippen molar-refractivity contribution in [2.45, 2.75) is 259 Å². The lowest BCUT2D eigenvalue weighted by molar-refractivity contribution is -0.161. The predicted molar refractivity (Wildman–Crippen MR) is 219 cm³/mol. The molecule has 0 radical (unpaired) electrons. The maximum Gasteiger partial charge on any atom is 0.306 e. The number of rotatable bonds is 41. The molecule has 51 heavy (non-hydrogen) atoms. The summed E-state index contributed by atoms with van der Waals surface area (Å²) in [4.78, 5) is 24.3. The summed E-state index contributed by atoms with van der Waals surface area (Å²) in [6, 6.07) is 0. The highest BCUT2D eigenvalue weighted by atomic mass is 16.6. The van der Waals surface area contributed by atoms with E-state index in [4.69, 9.17) is 9.47 Å². The molecule has 5 nitrogen and oxygen atoms in total. The SMILES string of the molecule is CC(C)CCCCCCCCCCCCCCCCCCCCC(=O)OC[C@H](CO)OC(=O)CCCCCCCCCCCCCCCC(C)C. The normalized spacial score (nSPS) is 12.2. The van der Waals surface area contributed by atoms with E-state index >= 15 is 0 Å². The van der Waals surface area contributed by atoms with Crippen molar-refractivity contribution in [2.75, 3.05) is 13.2 Å². The molecule has 0 aromatic heterocycles. The van der Waals surface area contributed by atoms with Crippen LogP contribution < -0.4 is 0 Å². The molecule has 1 atom stereocenters. The van der Waals surface area contributed by atoms with Gasteiger partial charge in [0.05, 0.1) is 6.61 Å². The van der Waals surface area contributed by atoms with Crippen LogP contribution in [0, 0.1) is 11.8 Å². The molecule has 0 aliphatic rings. The minimum atomic E-state index is -0.763. The largest absolute Gasteiger partial charge is 0.462 e. The monoisotopic (exact) mass is 723 g/mol. The van der Waals surface area contributed by atoms with E-state index in [0.717, 1.165) is 43.9 Å². The summed E-state index contributed by atoms with van der Waals surface area (Å²) in [5, 5.41) is 9.59. The third kappa shape index (κ3) is 41.5. The summed E-state index contributed by atoms with van der Waals surface area (Å²) in [6.07, 6.45) is 43.2. The number of esters is 2. The number of hydrogen-bond acceptors (Lipinski definition) is 5. The number of aliphatic hydroxyl groups excluding tert-OH is 1. The first-order chi connectivity index (χ1) is 24.8. The Morgan fingerprint density at radius 3 is 0.922 bits per heavy atom. The number of ether oxygens (including phenoxy) is 2. The highest BCUT2D eigenvalue weighted by Crippen LogP contribution is 2.17. The van der Waals surface area contributed by atoms with Gasteiger partial charge in [-0.3, -0.25) is 9.59 Å². The Bertz CT molecular complexity index is 720. The molecule has 0 aliphatic carbocycles. The van der Waals surface area contributed by atoms with Crippen LogP contribution >= 0.6 is 0 Å². The quantitative estimate of drug-likeness (QED) is 0.0502. The van der Waals surface area contributed by atoms with E-state index in [1.165, 1.54) is 180 Å². The van der Waals surface area contributed by atoms with Crippen LogP contribution in [0.4, 0.5) is 0 Å². The molecule has 1 N–H and O–H groups in total. The van der Waals surface area contributed by atoms with E-state index in [0.29, 0.717) is 12.8 Å². The van der Waals surface area contributed by atoms with Gasteiger partial charge in [0.1, 0.15) is 6.61 Å². The van der Waals surface area contributed by atoms with Crippen molar-refractivity contribution in [1.29, 1.82) is 0 Å². The number of hydrogen-bond donors (Lipinski definition) is 1. The smallest absolute Gasteiger partial charge is 0.306 e. The minimum absolute atomic E-state index is 0.0577. The molecule has 0 saturated carbocycles. The molecule has 0 spiro atoms. The predicted octanol–water partition coefficient (Wildman–Crippen LogP) is 14.4. The van der Waals surface area contributed by atoms with Gasteiger partial charge in [-0.15, -0.1) is 0 Å². The molecule has 0 amide bonds. The van der Waals surface area contributed by atoms with Crippen LogP contribution in [-0.2, 0) is 19.1 Å². The lowest BCUT2D eigenvalue weighted by Crippen LogP contribution is -2.28. The van der Waals surface area contributed by atoms with Gasteiger partial charge in [-0.1, -0.05) is 227 Å². The maximum atomic E-state index is 12.2. The van der Waals surface area contributed by atoms with Gasteiger partial charge in [0, 0.05) is 12.8 Å². The Morgan fingerprint density at radius 2 is 0.647 bits per heavy atom. The zero-order valence-electron chi connectivity index (χ0n) is 35.0. The van der Waals surface area contributed by atoms with E-state index in [9.17, 15) is 14.7 Å². The number of carbonyl (C=O) groups excluding carboxylic acids is 2. The Labute approximate surface area is 319 Å². The summed E-state index contributed by atoms with van der Waals surface area (Å²) >= 11 is 0. The number of unbranched alkanes of at least 4 members (excludes halogenated alkanes) is 29. The van der Waals surface area contributed by atoms with Crippen LogP contribution in [0.25, 0.3) is 0 Å². The zero-order valence-corrected chi connectivity index (χ0v) is 35.0. The van der Waals surface area contributed by atoms with Crippen molar-refractivity contribution < 1.29 is 24.2 Å². The van der Waals surface area contributed by atoms with Gasteiger partial charge in [-0.05, 0) is 24.7 Å². The summed E-state index contributed by atoms with van der Waals surface area (Å²) in [5.74, 6) is 1.14. The van der Waals surface area contributed by atoms with Crippen LogP contribution in [0.1, 0.15) is 252 Å². The Hall–Kier alpha value is -1.10. The van der Waals surface area contributed by atoms with Gasteiger partial charge < -0.3 is 14.6 Å². The van der Waals surface area contributed by atoms with Crippen LogP contribution in [-0.4, -0.2) is 36.4 Å². The van der Waals surface area contributed by atoms with Crippen molar-refractivity contribution in [3.8, 4) is 0 Å². The molecular formula is C46H90O5. The van der Waals surface area contributed by atoms with Gasteiger partial charge in [-0.25, -0.2) is 0 Å². The second kappa shape index (κ2) is 40.1. The topological polar surface area (TPSA) is 72.8 Å². The molecule has 0 heterocycles. The molecular weight excluding hydrogens is 633 g/mol. The number of carbonyl (C=O) groups is 2. The van der Waals surface area contributed by atoms with Crippen LogP contribution in [0.2, 0.25) is 0 Å². The summed E-state index contributed by atoms with van der Waals surface area (Å²) in [5.41, 5.74) is 0. The van der Waals surface area contributed by atoms with Crippen molar-refractivity contribution in [1.82, 2.24) is 0 Å². The molecule has 0 fully saturated rings. The summed E-state index contributed by atoms with van der Waals surface area (Å²) in [7, 11) is 0. The second-order valence-corrected chi connectivity index (χ2v) is 16.8. The minimum Gasteiger partial charge on any atom is -0.462 e. The molecule has 304 valence electrons. The Morgan fingerprint density at radius 1 is 0.392 bits per heavy atom. The molecule has 0 saturated heterocycles. The maximum absolute atomic E-state index is 12.2. The average Bonchev–Trinajstić information content (AvgIpc) is 3.10. The van der Waals surface area contributed by atoms with Crippen molar-refractivity contribution in [2.24, 2.45) is 11.8 Å². The molecule has 0 aromatic rings. The fourth-order valence-electron chi connectivity index (χ4n) is 7.04. The van der Waals surface area contributed by atoms with Crippen LogP contribution in [0.5, 0.6) is 0 Å². The van der Waals surface area contributed by atoms with Crippen LogP contribution in [0.3, 0.4) is 0 Å². The van der Waals surface area contributed by atoms with Gasteiger partial charge in [0.15, 0.2) is 6.10 Å². The third-order valence-electron chi connectivity index (χ3n) is 10.5. The average molecular weight is 723 g/mol. The first-order valence-electron chi connectivity index (χ1n) is 22.8. The van der Waals surface area contributed by atoms with Gasteiger partial charge in [0.25, 0.3) is 0 Å².